The van der Waals surface area contributed by atoms with Crippen LogP contribution in [-0.4, -0.2) is 23.8 Å². The third-order valence-electron chi connectivity index (χ3n) is 3.38. The molecular weight excluding hydrogens is 365 g/mol. The van der Waals surface area contributed by atoms with Gasteiger partial charge in [0, 0.05) is 12.2 Å². The average Bonchev–Trinajstić information content (AvgIpc) is 2.54. The second-order valence-corrected chi connectivity index (χ2v) is 6.26. The highest BCUT2D eigenvalue weighted by atomic mass is 35.5. The van der Waals surface area contributed by atoms with Crippen LogP contribution in [0.25, 0.3) is 0 Å². The summed E-state index contributed by atoms with van der Waals surface area (Å²) in [4.78, 5) is 24.4. The van der Waals surface area contributed by atoms with Gasteiger partial charge in [-0.05, 0) is 43.7 Å². The first-order valence-electron chi connectivity index (χ1n) is 7.42. The maximum atomic E-state index is 12.2. The minimum absolute atomic E-state index is 0.0131. The predicted molar refractivity (Wildman–Crippen MR) is 99.2 cm³/mol. The normalized spacial score (nSPS) is 11.1. The first-order valence-corrected chi connectivity index (χ1v) is 8.18. The smallest absolute Gasteiger partial charge is 0.276 e. The molecule has 1 aromatic carbocycles. The Balaban J connectivity index is 2.17. The van der Waals surface area contributed by atoms with Crippen molar-refractivity contribution in [1.82, 2.24) is 9.99 Å². The van der Waals surface area contributed by atoms with Gasteiger partial charge in [-0.2, -0.15) is 5.10 Å². The maximum absolute atomic E-state index is 12.2. The van der Waals surface area contributed by atoms with Gasteiger partial charge in [-0.25, -0.2) is 5.43 Å². The molecule has 2 rings (SSSR count). The number of nitrogens with one attached hydrogen (secondary N) is 1. The van der Waals surface area contributed by atoms with Crippen LogP contribution in [0, 0.1) is 0 Å². The summed E-state index contributed by atoms with van der Waals surface area (Å²) in [6.45, 7) is 3.72. The number of hydrogen-bond donors (Lipinski definition) is 1. The molecule has 1 amide bonds. The number of hydrazone groups is 1. The number of halogens is 2. The Morgan fingerprint density at radius 1 is 1.32 bits per heavy atom. The van der Waals surface area contributed by atoms with E-state index in [-0.39, 0.29) is 17.2 Å². The minimum Gasteiger partial charge on any atom is -0.494 e. The molecule has 8 heteroatoms. The Bertz CT molecular complexity index is 853. The van der Waals surface area contributed by atoms with Crippen LogP contribution in [0.1, 0.15) is 35.8 Å². The van der Waals surface area contributed by atoms with E-state index in [4.69, 9.17) is 27.9 Å². The molecule has 1 N–H and O–H groups in total. The molecule has 0 saturated heterocycles. The van der Waals surface area contributed by atoms with Gasteiger partial charge in [-0.15, -0.1) is 0 Å². The summed E-state index contributed by atoms with van der Waals surface area (Å²) in [5.74, 6) is -0.231. The molecule has 0 spiro atoms. The van der Waals surface area contributed by atoms with Gasteiger partial charge in [0.1, 0.15) is 5.56 Å². The van der Waals surface area contributed by atoms with E-state index in [0.29, 0.717) is 21.4 Å². The molecule has 0 fully saturated rings. The largest absolute Gasteiger partial charge is 0.494 e. The van der Waals surface area contributed by atoms with E-state index in [0.717, 1.165) is 0 Å². The fourth-order valence-corrected chi connectivity index (χ4v) is 2.82. The molecule has 0 unspecified atom stereocenters. The lowest BCUT2D eigenvalue weighted by molar-refractivity contribution is 0.0953. The summed E-state index contributed by atoms with van der Waals surface area (Å²) in [6, 6.07) is 6.23. The Labute approximate surface area is 155 Å². The van der Waals surface area contributed by atoms with Crippen molar-refractivity contribution in [3.63, 3.8) is 0 Å². The molecule has 2 aromatic rings. The van der Waals surface area contributed by atoms with Crippen molar-refractivity contribution >= 4 is 35.3 Å². The number of hydrogen-bond acceptors (Lipinski definition) is 4. The summed E-state index contributed by atoms with van der Waals surface area (Å²) in [5, 5.41) is 4.49. The Morgan fingerprint density at radius 3 is 2.52 bits per heavy atom. The summed E-state index contributed by atoms with van der Waals surface area (Å²) in [6.07, 6.45) is 3.01. The highest BCUT2D eigenvalue weighted by molar-refractivity contribution is 6.37. The fraction of sp³-hybridized carbons (Fsp3) is 0.235. The standard InChI is InChI=1S/C17H17Cl2N3O3/c1-10(2)22-6-4-5-12(17(22)24)16(23)21-20-9-11-7-13(18)15(25-3)14(19)8-11/h4-10H,1-3H3,(H,21,23)/b20-9-. The van der Waals surface area contributed by atoms with E-state index in [1.54, 1.807) is 24.4 Å². The Kier molecular flexibility index (Phi) is 6.22. The molecular formula is C17H17Cl2N3O3. The van der Waals surface area contributed by atoms with Gasteiger partial charge in [-0.1, -0.05) is 23.2 Å². The van der Waals surface area contributed by atoms with Gasteiger partial charge in [0.2, 0.25) is 0 Å². The highest BCUT2D eigenvalue weighted by Crippen LogP contribution is 2.33. The molecule has 0 radical (unpaired) electrons. The first kappa shape index (κ1) is 19.0. The Morgan fingerprint density at radius 2 is 1.96 bits per heavy atom. The van der Waals surface area contributed by atoms with Crippen molar-refractivity contribution in [3.8, 4) is 5.75 Å². The molecule has 0 bridgehead atoms. The predicted octanol–water partition coefficient (Wildman–Crippen LogP) is 3.51. The molecule has 132 valence electrons. The second-order valence-electron chi connectivity index (χ2n) is 5.44. The first-order chi connectivity index (χ1) is 11.8. The van der Waals surface area contributed by atoms with Crippen LogP contribution >= 0.6 is 23.2 Å². The number of aromatic nitrogens is 1. The molecule has 1 aromatic heterocycles. The van der Waals surface area contributed by atoms with Crippen LogP contribution in [0.4, 0.5) is 0 Å². The van der Waals surface area contributed by atoms with Gasteiger partial charge in [-0.3, -0.25) is 9.59 Å². The third kappa shape index (κ3) is 4.41. The molecule has 6 nitrogen and oxygen atoms in total. The van der Waals surface area contributed by atoms with Crippen molar-refractivity contribution < 1.29 is 9.53 Å². The molecule has 0 aliphatic heterocycles. The lowest BCUT2D eigenvalue weighted by Crippen LogP contribution is -2.31. The van der Waals surface area contributed by atoms with Crippen molar-refractivity contribution in [3.05, 3.63) is 62.0 Å². The summed E-state index contributed by atoms with van der Waals surface area (Å²) >= 11 is 12.1. The fourth-order valence-electron chi connectivity index (χ4n) is 2.16. The lowest BCUT2D eigenvalue weighted by atomic mass is 10.2. The SMILES string of the molecule is COc1c(Cl)cc(/C=N\NC(=O)c2cccn(C(C)C)c2=O)cc1Cl. The molecule has 1 heterocycles. The number of ether oxygens (including phenoxy) is 1. The number of nitrogens with zero attached hydrogens (tertiary/aromatic N) is 2. The van der Waals surface area contributed by atoms with Gasteiger partial charge in [0.25, 0.3) is 11.5 Å². The van der Waals surface area contributed by atoms with E-state index in [2.05, 4.69) is 10.5 Å². The molecule has 0 atom stereocenters. The second kappa shape index (κ2) is 8.18. The number of amides is 1. The highest BCUT2D eigenvalue weighted by Gasteiger charge is 2.13. The monoisotopic (exact) mass is 381 g/mol. The lowest BCUT2D eigenvalue weighted by Gasteiger charge is -2.10. The molecule has 0 aliphatic carbocycles. The summed E-state index contributed by atoms with van der Waals surface area (Å²) in [7, 11) is 1.46. The van der Waals surface area contributed by atoms with Gasteiger partial charge in [0.15, 0.2) is 5.75 Å². The zero-order valence-corrected chi connectivity index (χ0v) is 15.4. The quantitative estimate of drug-likeness (QED) is 0.636. The number of carbonyl (C=O) groups excluding carboxylic acids is 1. The average molecular weight is 382 g/mol. The van der Waals surface area contributed by atoms with Crippen LogP contribution in [0.15, 0.2) is 40.4 Å². The van der Waals surface area contributed by atoms with E-state index >= 15 is 0 Å². The van der Waals surface area contributed by atoms with E-state index in [1.165, 1.54) is 24.0 Å². The number of carbonyl (C=O) groups is 1. The number of benzene rings is 1. The van der Waals surface area contributed by atoms with E-state index in [9.17, 15) is 9.59 Å². The van der Waals surface area contributed by atoms with Gasteiger partial charge >= 0.3 is 0 Å². The van der Waals surface area contributed by atoms with Crippen LogP contribution in [0.5, 0.6) is 5.75 Å². The maximum Gasteiger partial charge on any atom is 0.276 e. The van der Waals surface area contributed by atoms with Crippen molar-refractivity contribution in [2.75, 3.05) is 7.11 Å². The van der Waals surface area contributed by atoms with Crippen LogP contribution < -0.4 is 15.7 Å². The summed E-state index contributed by atoms with van der Waals surface area (Å²) in [5.41, 5.74) is 2.53. The number of methoxy groups -OCH3 is 1. The minimum atomic E-state index is -0.595. The zero-order valence-electron chi connectivity index (χ0n) is 13.9. The van der Waals surface area contributed by atoms with Gasteiger partial charge < -0.3 is 9.30 Å². The van der Waals surface area contributed by atoms with E-state index < -0.39 is 5.91 Å². The topological polar surface area (TPSA) is 72.7 Å². The number of rotatable bonds is 5. The van der Waals surface area contributed by atoms with Crippen molar-refractivity contribution in [1.29, 1.82) is 0 Å². The molecule has 0 saturated carbocycles. The third-order valence-corrected chi connectivity index (χ3v) is 3.94. The van der Waals surface area contributed by atoms with Gasteiger partial charge in [0.05, 0.1) is 23.4 Å². The zero-order chi connectivity index (χ0) is 18.6. The molecule has 25 heavy (non-hydrogen) atoms. The van der Waals surface area contributed by atoms with Crippen molar-refractivity contribution in [2.45, 2.75) is 19.9 Å². The van der Waals surface area contributed by atoms with Crippen LogP contribution in [0.3, 0.4) is 0 Å². The van der Waals surface area contributed by atoms with Crippen molar-refractivity contribution in [2.24, 2.45) is 5.10 Å². The Hall–Kier alpha value is -2.31. The summed E-state index contributed by atoms with van der Waals surface area (Å²) < 4.78 is 6.53. The van der Waals surface area contributed by atoms with Crippen LogP contribution in [0.2, 0.25) is 10.0 Å². The van der Waals surface area contributed by atoms with E-state index in [1.807, 2.05) is 13.8 Å². The molecule has 0 aliphatic rings. The van der Waals surface area contributed by atoms with Crippen LogP contribution in [-0.2, 0) is 0 Å². The number of pyridine rings is 1.